The summed E-state index contributed by atoms with van der Waals surface area (Å²) in [6.45, 7) is 17.1. The molecule has 45 heavy (non-hydrogen) atoms. The van der Waals surface area contributed by atoms with Crippen molar-refractivity contribution in [1.29, 1.82) is 0 Å². The predicted octanol–water partition coefficient (Wildman–Crippen LogP) is 4.65. The Bertz CT molecular complexity index is 946. The quantitative estimate of drug-likeness (QED) is 0.113. The maximum Gasteiger partial charge on any atom is 0.319 e. The first-order valence-electron chi connectivity index (χ1n) is 16.9. The van der Waals surface area contributed by atoms with Crippen LogP contribution in [0.15, 0.2) is 12.1 Å². The van der Waals surface area contributed by atoms with Crippen LogP contribution in [-0.4, -0.2) is 114 Å². The minimum atomic E-state index is -0.185. The molecule has 0 aliphatic carbocycles. The summed E-state index contributed by atoms with van der Waals surface area (Å²) >= 11 is 0. The number of carbonyl (C=O) groups is 1. The average Bonchev–Trinajstić information content (AvgIpc) is 3.01. The largest absolute Gasteiger partial charge is 0.396 e. The number of urea groups is 1. The molecule has 0 spiro atoms. The Labute approximate surface area is 271 Å². The van der Waals surface area contributed by atoms with Crippen LogP contribution >= 0.6 is 0 Å². The van der Waals surface area contributed by atoms with Crippen molar-refractivity contribution in [3.05, 3.63) is 23.3 Å². The van der Waals surface area contributed by atoms with Gasteiger partial charge in [0.25, 0.3) is 0 Å². The summed E-state index contributed by atoms with van der Waals surface area (Å²) in [5, 5.41) is 25.1. The standard InChI is InChI=1S/C34H61N3O8/c1-6-7-8-9-10-35-33(40)36-31-23-30-28(26-39)25-34(4,5)37(32(30)24-29(31)27(2)3)11-13-41-15-17-43-19-21-45-22-20-44-18-16-42-14-12-38/h23-24,27-28,38-39H,6-22,25-26H2,1-5H3,(H2,35,36,40). The smallest absolute Gasteiger partial charge is 0.319 e. The maximum absolute atomic E-state index is 12.8. The number of unbranched alkanes of at least 4 members (excludes halogenated alkanes) is 3. The number of aliphatic hydroxyl groups is 2. The Hall–Kier alpha value is -1.99. The molecule has 1 heterocycles. The predicted molar refractivity (Wildman–Crippen MR) is 179 cm³/mol. The molecule has 11 heteroatoms. The zero-order chi connectivity index (χ0) is 32.9. The van der Waals surface area contributed by atoms with Crippen LogP contribution in [0.5, 0.6) is 0 Å². The molecule has 11 nitrogen and oxygen atoms in total. The molecule has 1 aromatic rings. The van der Waals surface area contributed by atoms with Crippen LogP contribution in [0.4, 0.5) is 16.2 Å². The summed E-state index contributed by atoms with van der Waals surface area (Å²) < 4.78 is 27.6. The number of hydrogen-bond acceptors (Lipinski definition) is 9. The van der Waals surface area contributed by atoms with Gasteiger partial charge in [-0.2, -0.15) is 0 Å². The fourth-order valence-electron chi connectivity index (χ4n) is 5.63. The van der Waals surface area contributed by atoms with E-state index in [1.54, 1.807) is 0 Å². The molecule has 4 N–H and O–H groups in total. The minimum Gasteiger partial charge on any atom is -0.396 e. The molecule has 1 atom stereocenters. The second-order valence-electron chi connectivity index (χ2n) is 12.4. The van der Waals surface area contributed by atoms with E-state index in [1.165, 1.54) is 12.8 Å². The van der Waals surface area contributed by atoms with E-state index in [0.717, 1.165) is 41.8 Å². The number of nitrogens with zero attached hydrogens (tertiary/aromatic N) is 1. The first-order valence-corrected chi connectivity index (χ1v) is 16.9. The lowest BCUT2D eigenvalue weighted by molar-refractivity contribution is -0.0130. The van der Waals surface area contributed by atoms with E-state index >= 15 is 0 Å². The molecule has 0 fully saturated rings. The van der Waals surface area contributed by atoms with Crippen molar-refractivity contribution in [3.8, 4) is 0 Å². The van der Waals surface area contributed by atoms with Gasteiger partial charge in [-0.1, -0.05) is 40.0 Å². The van der Waals surface area contributed by atoms with Gasteiger partial charge in [-0.25, -0.2) is 4.79 Å². The van der Waals surface area contributed by atoms with Gasteiger partial charge in [-0.15, -0.1) is 0 Å². The zero-order valence-corrected chi connectivity index (χ0v) is 28.5. The number of hydrogen-bond donors (Lipinski definition) is 4. The zero-order valence-electron chi connectivity index (χ0n) is 28.5. The van der Waals surface area contributed by atoms with Crippen molar-refractivity contribution in [2.24, 2.45) is 0 Å². The molecular weight excluding hydrogens is 578 g/mol. The normalized spacial score (nSPS) is 15.8. The summed E-state index contributed by atoms with van der Waals surface area (Å²) in [5.74, 6) is 0.190. The fraction of sp³-hybridized carbons (Fsp3) is 0.794. The molecule has 260 valence electrons. The van der Waals surface area contributed by atoms with Crippen LogP contribution in [0.2, 0.25) is 0 Å². The van der Waals surface area contributed by atoms with E-state index in [1.807, 2.05) is 0 Å². The lowest BCUT2D eigenvalue weighted by atomic mass is 9.78. The Kier molecular flexibility index (Phi) is 19.6. The molecule has 1 aromatic carbocycles. The molecule has 0 saturated carbocycles. The van der Waals surface area contributed by atoms with Crippen LogP contribution in [-0.2, 0) is 23.7 Å². The molecule has 1 aliphatic rings. The number of anilines is 2. The van der Waals surface area contributed by atoms with Gasteiger partial charge in [-0.05, 0) is 55.9 Å². The number of fused-ring (bicyclic) bond motifs is 1. The van der Waals surface area contributed by atoms with Crippen molar-refractivity contribution >= 4 is 17.4 Å². The van der Waals surface area contributed by atoms with E-state index < -0.39 is 0 Å². The van der Waals surface area contributed by atoms with Crippen LogP contribution < -0.4 is 15.5 Å². The van der Waals surface area contributed by atoms with E-state index in [4.69, 9.17) is 28.8 Å². The monoisotopic (exact) mass is 639 g/mol. The highest BCUT2D eigenvalue weighted by molar-refractivity contribution is 5.91. The van der Waals surface area contributed by atoms with Crippen molar-refractivity contribution in [2.45, 2.75) is 84.1 Å². The molecule has 0 aromatic heterocycles. The first-order chi connectivity index (χ1) is 21.7. The van der Waals surface area contributed by atoms with Gasteiger partial charge in [-0.3, -0.25) is 0 Å². The second kappa shape index (κ2) is 22.5. The van der Waals surface area contributed by atoms with Crippen LogP contribution in [0.3, 0.4) is 0 Å². The summed E-state index contributed by atoms with van der Waals surface area (Å²) in [4.78, 5) is 15.1. The highest BCUT2D eigenvalue weighted by atomic mass is 16.6. The number of nitrogens with one attached hydrogen (secondary N) is 2. The van der Waals surface area contributed by atoms with Crippen molar-refractivity contribution in [2.75, 3.05) is 103 Å². The third-order valence-electron chi connectivity index (χ3n) is 8.00. The molecule has 0 bridgehead atoms. The Morgan fingerprint density at radius 2 is 1.47 bits per heavy atom. The van der Waals surface area contributed by atoms with Gasteiger partial charge in [0.05, 0.1) is 79.3 Å². The SMILES string of the molecule is CCCCCCNC(=O)Nc1cc2c(cc1C(C)C)N(CCOCCOCCOCCOCCOCCO)C(C)(C)CC2CO. The van der Waals surface area contributed by atoms with E-state index in [9.17, 15) is 9.90 Å². The van der Waals surface area contributed by atoms with Crippen molar-refractivity contribution < 1.29 is 38.7 Å². The lowest BCUT2D eigenvalue weighted by Crippen LogP contribution is -2.50. The van der Waals surface area contributed by atoms with Gasteiger partial charge in [0.1, 0.15) is 0 Å². The Balaban J connectivity index is 1.84. The molecule has 2 amide bonds. The van der Waals surface area contributed by atoms with E-state index in [0.29, 0.717) is 79.2 Å². The third-order valence-corrected chi connectivity index (χ3v) is 8.00. The fourth-order valence-corrected chi connectivity index (χ4v) is 5.63. The van der Waals surface area contributed by atoms with Crippen LogP contribution in [0.1, 0.15) is 89.7 Å². The van der Waals surface area contributed by atoms with E-state index in [2.05, 4.69) is 62.3 Å². The van der Waals surface area contributed by atoms with Gasteiger partial charge in [0, 0.05) is 35.9 Å². The lowest BCUT2D eigenvalue weighted by Gasteiger charge is -2.48. The summed E-state index contributed by atoms with van der Waals surface area (Å²) in [5.41, 5.74) is 3.86. The molecule has 0 saturated heterocycles. The topological polar surface area (TPSA) is 131 Å². The van der Waals surface area contributed by atoms with Crippen LogP contribution in [0.25, 0.3) is 0 Å². The summed E-state index contributed by atoms with van der Waals surface area (Å²) in [7, 11) is 0. The minimum absolute atomic E-state index is 0.0147. The average molecular weight is 640 g/mol. The van der Waals surface area contributed by atoms with Gasteiger partial charge >= 0.3 is 6.03 Å². The van der Waals surface area contributed by atoms with Gasteiger partial charge in [0.2, 0.25) is 0 Å². The van der Waals surface area contributed by atoms with Gasteiger partial charge < -0.3 is 49.4 Å². The summed E-state index contributed by atoms with van der Waals surface area (Å²) in [6.07, 6.45) is 5.23. The Morgan fingerprint density at radius 3 is 2.00 bits per heavy atom. The second-order valence-corrected chi connectivity index (χ2v) is 12.4. The molecule has 1 aliphatic heterocycles. The third kappa shape index (κ3) is 14.5. The highest BCUT2D eigenvalue weighted by Crippen LogP contribution is 2.46. The molecule has 2 rings (SSSR count). The number of benzene rings is 1. The van der Waals surface area contributed by atoms with Crippen LogP contribution in [0, 0.1) is 0 Å². The highest BCUT2D eigenvalue weighted by Gasteiger charge is 2.38. The number of aliphatic hydroxyl groups excluding tert-OH is 2. The number of ether oxygens (including phenoxy) is 5. The number of rotatable bonds is 25. The first kappa shape index (κ1) is 39.2. The van der Waals surface area contributed by atoms with Gasteiger partial charge in [0.15, 0.2) is 0 Å². The Morgan fingerprint density at radius 1 is 0.889 bits per heavy atom. The van der Waals surface area contributed by atoms with E-state index in [-0.39, 0.29) is 36.6 Å². The summed E-state index contributed by atoms with van der Waals surface area (Å²) in [6, 6.07) is 4.08. The number of amides is 2. The maximum atomic E-state index is 12.8. The molecule has 0 radical (unpaired) electrons. The van der Waals surface area contributed by atoms with Crippen molar-refractivity contribution in [3.63, 3.8) is 0 Å². The van der Waals surface area contributed by atoms with Crippen molar-refractivity contribution in [1.82, 2.24) is 5.32 Å². The number of carbonyl (C=O) groups excluding carboxylic acids is 1. The molecule has 1 unspecified atom stereocenters. The molecular formula is C34H61N3O8.